The molecule has 1 saturated carbocycles. The Kier molecular flexibility index (Phi) is 10.6. The van der Waals surface area contributed by atoms with Gasteiger partial charge in [-0.05, 0) is 99.2 Å². The summed E-state index contributed by atoms with van der Waals surface area (Å²) in [4.78, 5) is 28.1. The third-order valence-electron chi connectivity index (χ3n) is 8.59. The molecule has 5 rings (SSSR count). The smallest absolute Gasteiger partial charge is 0.322 e. The molecule has 4 N–H and O–H groups in total. The highest BCUT2D eigenvalue weighted by Gasteiger charge is 2.44. The molecule has 1 aliphatic heterocycles. The third kappa shape index (κ3) is 8.34. The van der Waals surface area contributed by atoms with E-state index in [-0.39, 0.29) is 18.7 Å². The number of urea groups is 1. The van der Waals surface area contributed by atoms with Crippen LogP contribution in [0.5, 0.6) is 0 Å². The van der Waals surface area contributed by atoms with Crippen LogP contribution in [0.3, 0.4) is 0 Å². The number of rotatable bonds is 10. The first kappa shape index (κ1) is 34.9. The SMILES string of the molecule is CC(C)(C)[S+]([O-])NC(CCC1CC1)(c1cccc(C#N)c1)c1ccc(F)c(NC(=O)[C@H]2C[C@@H](O)CN2C(=O)Nc2ccc(Br)cc2)c1. The highest BCUT2D eigenvalue weighted by Crippen LogP contribution is 2.43. The van der Waals surface area contributed by atoms with Gasteiger partial charge in [-0.15, -0.1) is 4.72 Å². The van der Waals surface area contributed by atoms with Gasteiger partial charge in [0, 0.05) is 34.5 Å². The lowest BCUT2D eigenvalue weighted by Gasteiger charge is -2.39. The Morgan fingerprint density at radius 2 is 1.79 bits per heavy atom. The van der Waals surface area contributed by atoms with Crippen molar-refractivity contribution in [2.75, 3.05) is 17.2 Å². The van der Waals surface area contributed by atoms with E-state index in [0.717, 1.165) is 23.7 Å². The molecule has 0 aromatic heterocycles. The van der Waals surface area contributed by atoms with Gasteiger partial charge in [0.25, 0.3) is 0 Å². The average Bonchev–Trinajstić information content (AvgIpc) is 3.79. The van der Waals surface area contributed by atoms with Crippen molar-refractivity contribution in [3.8, 4) is 6.07 Å². The maximum Gasteiger partial charge on any atom is 0.322 e. The fraction of sp³-hybridized carbons (Fsp3) is 0.400. The Bertz CT molecular complexity index is 1660. The van der Waals surface area contributed by atoms with Crippen LogP contribution in [-0.2, 0) is 21.7 Å². The topological polar surface area (TPSA) is 141 Å². The van der Waals surface area contributed by atoms with E-state index in [9.17, 15) is 24.5 Å². The van der Waals surface area contributed by atoms with E-state index in [1.54, 1.807) is 48.5 Å². The van der Waals surface area contributed by atoms with Crippen LogP contribution in [-0.4, -0.2) is 49.9 Å². The van der Waals surface area contributed by atoms with Gasteiger partial charge < -0.3 is 25.2 Å². The molecule has 47 heavy (non-hydrogen) atoms. The standard InChI is InChI=1S/C35H39BrFN5O4S/c1-34(2,3)47(46)41-35(16-15-22-7-8-22,24-6-4-5-23(17-24)20-38)25-9-14-29(37)30(18-25)40-32(44)31-19-28(43)21-42(31)33(45)39-27-12-10-26(36)11-13-27/h4-6,9-14,17-18,22,28,31,41,43H,7-8,15-16,19,21H2,1-3H3,(H,39,45)(H,40,44)/t28-,31-,35?,47?/m1/s1. The summed E-state index contributed by atoms with van der Waals surface area (Å²) in [5.41, 5.74) is 1.02. The quantitative estimate of drug-likeness (QED) is 0.175. The van der Waals surface area contributed by atoms with Crippen LogP contribution in [0.2, 0.25) is 0 Å². The van der Waals surface area contributed by atoms with Crippen LogP contribution < -0.4 is 15.4 Å². The predicted molar refractivity (Wildman–Crippen MR) is 184 cm³/mol. The van der Waals surface area contributed by atoms with Gasteiger partial charge in [0.05, 0.1) is 23.4 Å². The predicted octanol–water partition coefficient (Wildman–Crippen LogP) is 6.55. The van der Waals surface area contributed by atoms with Crippen LogP contribution in [0.15, 0.2) is 71.2 Å². The van der Waals surface area contributed by atoms with Gasteiger partial charge >= 0.3 is 6.03 Å². The van der Waals surface area contributed by atoms with Crippen LogP contribution in [0.1, 0.15) is 69.6 Å². The summed E-state index contributed by atoms with van der Waals surface area (Å²) in [6, 6.07) is 19.0. The molecule has 3 aromatic rings. The fourth-order valence-corrected chi connectivity index (χ4v) is 6.96. The highest BCUT2D eigenvalue weighted by molar-refractivity contribution is 9.10. The van der Waals surface area contributed by atoms with Crippen molar-refractivity contribution in [3.05, 3.63) is 93.7 Å². The fourth-order valence-electron chi connectivity index (χ4n) is 5.73. The minimum absolute atomic E-state index is 0.0146. The van der Waals surface area contributed by atoms with Gasteiger partial charge in [-0.2, -0.15) is 5.26 Å². The number of carbonyl (C=O) groups is 2. The molecule has 1 aliphatic carbocycles. The second-order valence-electron chi connectivity index (χ2n) is 13.2. The van der Waals surface area contributed by atoms with Crippen LogP contribution in [0, 0.1) is 23.1 Å². The van der Waals surface area contributed by atoms with Gasteiger partial charge in [0.15, 0.2) is 0 Å². The maximum atomic E-state index is 15.5. The van der Waals surface area contributed by atoms with Crippen molar-refractivity contribution >= 4 is 50.6 Å². The summed E-state index contributed by atoms with van der Waals surface area (Å²) in [5.74, 6) is -0.823. The summed E-state index contributed by atoms with van der Waals surface area (Å²) in [5, 5.41) is 25.6. The molecule has 3 amide bonds. The molecule has 2 unspecified atom stereocenters. The number of aliphatic hydroxyl groups excluding tert-OH is 1. The first-order chi connectivity index (χ1) is 22.3. The van der Waals surface area contributed by atoms with Crippen molar-refractivity contribution in [1.82, 2.24) is 9.62 Å². The van der Waals surface area contributed by atoms with E-state index >= 15 is 4.39 Å². The normalized spacial score (nSPS) is 19.8. The second kappa shape index (κ2) is 14.3. The number of amides is 3. The number of carbonyl (C=O) groups excluding carboxylic acids is 2. The molecular weight excluding hydrogens is 685 g/mol. The molecule has 2 fully saturated rings. The van der Waals surface area contributed by atoms with Crippen LogP contribution >= 0.6 is 15.9 Å². The molecular formula is C35H39BrFN5O4S. The Hall–Kier alpha value is -3.47. The average molecular weight is 725 g/mol. The summed E-state index contributed by atoms with van der Waals surface area (Å²) >= 11 is 1.79. The van der Waals surface area contributed by atoms with Crippen molar-refractivity contribution in [3.63, 3.8) is 0 Å². The molecule has 3 aromatic carbocycles. The maximum absolute atomic E-state index is 15.5. The molecule has 9 nitrogen and oxygen atoms in total. The third-order valence-corrected chi connectivity index (χ3v) is 10.8. The number of nitrogens with one attached hydrogen (secondary N) is 3. The van der Waals surface area contributed by atoms with E-state index in [2.05, 4.69) is 37.4 Å². The molecule has 248 valence electrons. The monoisotopic (exact) mass is 723 g/mol. The number of likely N-dealkylation sites (tertiary alicyclic amines) is 1. The largest absolute Gasteiger partial charge is 0.598 e. The van der Waals surface area contributed by atoms with E-state index in [1.165, 1.54) is 17.0 Å². The van der Waals surface area contributed by atoms with Crippen molar-refractivity contribution in [1.29, 1.82) is 5.26 Å². The summed E-state index contributed by atoms with van der Waals surface area (Å²) in [6.45, 7) is 5.51. The molecule has 0 bridgehead atoms. The van der Waals surface area contributed by atoms with Crippen molar-refractivity contribution in [2.24, 2.45) is 5.92 Å². The van der Waals surface area contributed by atoms with Crippen molar-refractivity contribution in [2.45, 2.75) is 75.3 Å². The minimum Gasteiger partial charge on any atom is -0.598 e. The van der Waals surface area contributed by atoms with E-state index in [4.69, 9.17) is 0 Å². The summed E-state index contributed by atoms with van der Waals surface area (Å²) < 4.78 is 32.8. The van der Waals surface area contributed by atoms with Gasteiger partial charge in [-0.3, -0.25) is 4.79 Å². The van der Waals surface area contributed by atoms with Gasteiger partial charge in [-0.25, -0.2) is 9.18 Å². The Morgan fingerprint density at radius 1 is 1.09 bits per heavy atom. The number of β-amino-alcohol motifs (C(OH)–C–C–N with tert-alkyl or cyclic N) is 1. The number of nitrogens with zero attached hydrogens (tertiary/aromatic N) is 2. The zero-order valence-corrected chi connectivity index (χ0v) is 29.0. The first-order valence-corrected chi connectivity index (χ1v) is 17.6. The number of hydrogen-bond acceptors (Lipinski definition) is 6. The van der Waals surface area contributed by atoms with Gasteiger partial charge in [-0.1, -0.05) is 47.0 Å². The summed E-state index contributed by atoms with van der Waals surface area (Å²) in [7, 11) is 0. The lowest BCUT2D eigenvalue weighted by atomic mass is 9.79. The molecule has 2 aliphatic rings. The van der Waals surface area contributed by atoms with E-state index in [1.807, 2.05) is 26.8 Å². The first-order valence-electron chi connectivity index (χ1n) is 15.6. The molecule has 1 heterocycles. The zero-order chi connectivity index (χ0) is 33.9. The minimum atomic E-state index is -1.56. The number of benzene rings is 3. The number of aliphatic hydroxyl groups is 1. The Balaban J connectivity index is 1.48. The molecule has 4 atom stereocenters. The zero-order valence-electron chi connectivity index (χ0n) is 26.6. The molecule has 12 heteroatoms. The molecule has 1 saturated heterocycles. The number of halogens is 2. The van der Waals surface area contributed by atoms with E-state index < -0.39 is 51.5 Å². The number of hydrogen-bond donors (Lipinski definition) is 4. The lowest BCUT2D eigenvalue weighted by Crippen LogP contribution is -2.52. The Morgan fingerprint density at radius 3 is 2.45 bits per heavy atom. The highest BCUT2D eigenvalue weighted by atomic mass is 79.9. The number of nitriles is 1. The second-order valence-corrected chi connectivity index (χ2v) is 16.1. The van der Waals surface area contributed by atoms with Gasteiger partial charge in [0.1, 0.15) is 22.1 Å². The lowest BCUT2D eigenvalue weighted by molar-refractivity contribution is -0.119. The van der Waals surface area contributed by atoms with Crippen LogP contribution in [0.25, 0.3) is 0 Å². The molecule has 0 radical (unpaired) electrons. The molecule has 0 spiro atoms. The Labute approximate surface area is 286 Å². The van der Waals surface area contributed by atoms with Crippen molar-refractivity contribution < 1.29 is 23.6 Å². The van der Waals surface area contributed by atoms with Gasteiger partial charge in [0.2, 0.25) is 5.91 Å². The summed E-state index contributed by atoms with van der Waals surface area (Å²) in [6.07, 6.45) is 2.58. The van der Waals surface area contributed by atoms with E-state index in [0.29, 0.717) is 34.7 Å². The number of anilines is 2. The van der Waals surface area contributed by atoms with Crippen LogP contribution in [0.4, 0.5) is 20.6 Å².